The molecule has 0 amide bonds. The molecule has 2 aromatic rings. The van der Waals surface area contributed by atoms with Crippen LogP contribution in [0.2, 0.25) is 0 Å². The van der Waals surface area contributed by atoms with Gasteiger partial charge < -0.3 is 5.32 Å². The first-order chi connectivity index (χ1) is 9.79. The van der Waals surface area contributed by atoms with Crippen molar-refractivity contribution in [2.45, 2.75) is 45.6 Å². The van der Waals surface area contributed by atoms with Gasteiger partial charge in [0, 0.05) is 10.7 Å². The van der Waals surface area contributed by atoms with Crippen LogP contribution in [0.4, 0.5) is 0 Å². The van der Waals surface area contributed by atoms with E-state index in [9.17, 15) is 0 Å². The standard InChI is InChI=1S/C18H25NS/c1-3-10-19-17(13(2)14-8-9-14)11-15-12-20-18-7-5-4-6-16(15)18/h4-7,12-14,17,19H,3,8-11H2,1-2H3. The Balaban J connectivity index is 1.77. The highest BCUT2D eigenvalue weighted by atomic mass is 32.1. The quantitative estimate of drug-likeness (QED) is 0.767. The maximum Gasteiger partial charge on any atom is 0.0345 e. The van der Waals surface area contributed by atoms with Crippen LogP contribution in [0.1, 0.15) is 38.7 Å². The van der Waals surface area contributed by atoms with Crippen LogP contribution in [-0.2, 0) is 6.42 Å². The molecule has 3 rings (SSSR count). The van der Waals surface area contributed by atoms with Crippen molar-refractivity contribution in [2.24, 2.45) is 11.8 Å². The Labute approximate surface area is 126 Å². The lowest BCUT2D eigenvalue weighted by Crippen LogP contribution is -2.38. The van der Waals surface area contributed by atoms with Crippen molar-refractivity contribution in [3.05, 3.63) is 35.2 Å². The molecular formula is C18H25NS. The van der Waals surface area contributed by atoms with Crippen LogP contribution in [0.25, 0.3) is 10.1 Å². The fourth-order valence-corrected chi connectivity index (χ4v) is 4.13. The van der Waals surface area contributed by atoms with Gasteiger partial charge in [0.05, 0.1) is 0 Å². The monoisotopic (exact) mass is 287 g/mol. The van der Waals surface area contributed by atoms with Crippen molar-refractivity contribution >= 4 is 21.4 Å². The summed E-state index contributed by atoms with van der Waals surface area (Å²) in [5.74, 6) is 1.77. The van der Waals surface area contributed by atoms with Crippen LogP contribution in [0, 0.1) is 11.8 Å². The maximum absolute atomic E-state index is 3.80. The smallest absolute Gasteiger partial charge is 0.0345 e. The van der Waals surface area contributed by atoms with Crippen LogP contribution in [-0.4, -0.2) is 12.6 Å². The Kier molecular flexibility index (Phi) is 4.42. The van der Waals surface area contributed by atoms with Crippen LogP contribution in [0.5, 0.6) is 0 Å². The zero-order chi connectivity index (χ0) is 13.9. The first kappa shape index (κ1) is 14.1. The molecule has 0 spiro atoms. The summed E-state index contributed by atoms with van der Waals surface area (Å²) in [7, 11) is 0. The molecular weight excluding hydrogens is 262 g/mol. The molecule has 2 unspecified atom stereocenters. The third kappa shape index (κ3) is 3.07. The van der Waals surface area contributed by atoms with E-state index in [0.717, 1.165) is 18.4 Å². The van der Waals surface area contributed by atoms with Gasteiger partial charge in [-0.05, 0) is 66.5 Å². The molecule has 1 nitrogen and oxygen atoms in total. The topological polar surface area (TPSA) is 12.0 Å². The van der Waals surface area contributed by atoms with E-state index in [1.54, 1.807) is 0 Å². The lowest BCUT2D eigenvalue weighted by molar-refractivity contribution is 0.340. The lowest BCUT2D eigenvalue weighted by atomic mass is 9.91. The summed E-state index contributed by atoms with van der Waals surface area (Å²) in [5.41, 5.74) is 1.53. The summed E-state index contributed by atoms with van der Waals surface area (Å²) in [5, 5.41) is 7.63. The minimum Gasteiger partial charge on any atom is -0.313 e. The largest absolute Gasteiger partial charge is 0.313 e. The Hall–Kier alpha value is -0.860. The summed E-state index contributed by atoms with van der Waals surface area (Å²) < 4.78 is 1.43. The first-order valence-corrected chi connectivity index (χ1v) is 8.86. The maximum atomic E-state index is 3.80. The molecule has 0 bridgehead atoms. The highest BCUT2D eigenvalue weighted by Crippen LogP contribution is 2.39. The van der Waals surface area contributed by atoms with E-state index >= 15 is 0 Å². The third-order valence-electron chi connectivity index (χ3n) is 4.66. The molecule has 2 heteroatoms. The van der Waals surface area contributed by atoms with Crippen molar-refractivity contribution in [3.63, 3.8) is 0 Å². The van der Waals surface area contributed by atoms with Gasteiger partial charge in [0.25, 0.3) is 0 Å². The van der Waals surface area contributed by atoms with Crippen molar-refractivity contribution in [1.82, 2.24) is 5.32 Å². The molecule has 1 heterocycles. The van der Waals surface area contributed by atoms with Gasteiger partial charge in [0.1, 0.15) is 0 Å². The number of fused-ring (bicyclic) bond motifs is 1. The van der Waals surface area contributed by atoms with E-state index in [-0.39, 0.29) is 0 Å². The molecule has 0 aliphatic heterocycles. The molecule has 1 aliphatic carbocycles. The number of thiophene rings is 1. The van der Waals surface area contributed by atoms with Gasteiger partial charge >= 0.3 is 0 Å². The molecule has 1 aromatic heterocycles. The van der Waals surface area contributed by atoms with Gasteiger partial charge in [0.15, 0.2) is 0 Å². The van der Waals surface area contributed by atoms with Gasteiger partial charge in [-0.3, -0.25) is 0 Å². The molecule has 0 radical (unpaired) electrons. The normalized spacial score (nSPS) is 18.3. The van der Waals surface area contributed by atoms with Crippen LogP contribution < -0.4 is 5.32 Å². The first-order valence-electron chi connectivity index (χ1n) is 7.98. The van der Waals surface area contributed by atoms with Gasteiger partial charge in [-0.1, -0.05) is 32.0 Å². The van der Waals surface area contributed by atoms with Gasteiger partial charge in [-0.15, -0.1) is 11.3 Å². The van der Waals surface area contributed by atoms with E-state index < -0.39 is 0 Å². The number of hydrogen-bond acceptors (Lipinski definition) is 2. The Morgan fingerprint density at radius 3 is 2.85 bits per heavy atom. The van der Waals surface area contributed by atoms with Crippen molar-refractivity contribution in [2.75, 3.05) is 6.54 Å². The molecule has 108 valence electrons. The number of nitrogens with one attached hydrogen (secondary N) is 1. The second kappa shape index (κ2) is 6.28. The number of benzene rings is 1. The summed E-state index contributed by atoms with van der Waals surface area (Å²) >= 11 is 1.89. The SMILES string of the molecule is CCCNC(Cc1csc2ccccc12)C(C)C1CC1. The zero-order valence-corrected chi connectivity index (χ0v) is 13.4. The summed E-state index contributed by atoms with van der Waals surface area (Å²) in [6, 6.07) is 9.46. The fraction of sp³-hybridized carbons (Fsp3) is 0.556. The van der Waals surface area contributed by atoms with Crippen molar-refractivity contribution < 1.29 is 0 Å². The Bertz CT molecular complexity index is 555. The lowest BCUT2D eigenvalue weighted by Gasteiger charge is -2.25. The second-order valence-corrected chi connectivity index (χ2v) is 7.13. The summed E-state index contributed by atoms with van der Waals surface area (Å²) in [4.78, 5) is 0. The van der Waals surface area contributed by atoms with Gasteiger partial charge in [-0.2, -0.15) is 0 Å². The number of hydrogen-bond donors (Lipinski definition) is 1. The number of rotatable bonds is 7. The highest BCUT2D eigenvalue weighted by molar-refractivity contribution is 7.17. The third-order valence-corrected chi connectivity index (χ3v) is 5.67. The Morgan fingerprint density at radius 1 is 1.30 bits per heavy atom. The van der Waals surface area contributed by atoms with Crippen LogP contribution in [0.3, 0.4) is 0 Å². The predicted octanol–water partition coefficient (Wildman–Crippen LogP) is 4.86. The van der Waals surface area contributed by atoms with Gasteiger partial charge in [-0.25, -0.2) is 0 Å². The van der Waals surface area contributed by atoms with Gasteiger partial charge in [0.2, 0.25) is 0 Å². The fourth-order valence-electron chi connectivity index (χ4n) is 3.15. The minimum atomic E-state index is 0.639. The molecule has 2 atom stereocenters. The Morgan fingerprint density at radius 2 is 2.10 bits per heavy atom. The van der Waals surface area contributed by atoms with Crippen molar-refractivity contribution in [3.8, 4) is 0 Å². The summed E-state index contributed by atoms with van der Waals surface area (Å²) in [6.07, 6.45) is 5.28. The molecule has 0 saturated heterocycles. The van der Waals surface area contributed by atoms with Crippen molar-refractivity contribution in [1.29, 1.82) is 0 Å². The average molecular weight is 287 g/mol. The average Bonchev–Trinajstić information content (AvgIpc) is 3.25. The van der Waals surface area contributed by atoms with Crippen LogP contribution >= 0.6 is 11.3 Å². The molecule has 1 saturated carbocycles. The predicted molar refractivity (Wildman–Crippen MR) is 89.5 cm³/mol. The minimum absolute atomic E-state index is 0.639. The second-order valence-electron chi connectivity index (χ2n) is 6.22. The van der Waals surface area contributed by atoms with E-state index in [1.165, 1.54) is 41.3 Å². The summed E-state index contributed by atoms with van der Waals surface area (Å²) in [6.45, 7) is 5.84. The zero-order valence-electron chi connectivity index (χ0n) is 12.6. The molecule has 1 N–H and O–H groups in total. The molecule has 20 heavy (non-hydrogen) atoms. The molecule has 1 aliphatic rings. The molecule has 1 fully saturated rings. The van der Waals surface area contributed by atoms with E-state index in [4.69, 9.17) is 0 Å². The van der Waals surface area contributed by atoms with E-state index in [0.29, 0.717) is 6.04 Å². The highest BCUT2D eigenvalue weighted by Gasteiger charge is 2.33. The van der Waals surface area contributed by atoms with E-state index in [2.05, 4.69) is 48.8 Å². The van der Waals surface area contributed by atoms with E-state index in [1.807, 2.05) is 11.3 Å². The van der Waals surface area contributed by atoms with Crippen LogP contribution in [0.15, 0.2) is 29.6 Å². The molecule has 1 aromatic carbocycles.